The first-order chi connectivity index (χ1) is 14.3. The van der Waals surface area contributed by atoms with Crippen molar-refractivity contribution in [3.8, 4) is 0 Å². The number of amides is 1. The largest absolute Gasteiger partial charge is 0.337 e. The number of carbonyl (C=O) groups excluding carboxylic acids is 1. The number of likely N-dealkylation sites (tertiary alicyclic amines) is 1. The van der Waals surface area contributed by atoms with Crippen LogP contribution in [0.1, 0.15) is 70.2 Å². The number of piperidine rings is 1. The fourth-order valence-corrected chi connectivity index (χ4v) is 4.84. The third-order valence-electron chi connectivity index (χ3n) is 6.36. The molecule has 29 heavy (non-hydrogen) atoms. The van der Waals surface area contributed by atoms with Crippen molar-refractivity contribution >= 4 is 5.91 Å². The maximum atomic E-state index is 13.2. The van der Waals surface area contributed by atoms with Crippen LogP contribution in [0.3, 0.4) is 0 Å². The van der Waals surface area contributed by atoms with E-state index < -0.39 is 0 Å². The molecule has 5 rings (SSSR count). The van der Waals surface area contributed by atoms with Crippen LogP contribution in [0, 0.1) is 0 Å². The number of rotatable bonds is 4. The molecule has 1 aliphatic carbocycles. The van der Waals surface area contributed by atoms with Gasteiger partial charge in [-0.05, 0) is 49.7 Å². The van der Waals surface area contributed by atoms with Gasteiger partial charge in [-0.2, -0.15) is 10.2 Å². The standard InChI is InChI=1S/C23H27N5O/c29-23(22-19-10-4-5-11-20(19)25-27-22)28-12-6-9-17(15-28)21-18(14-24-26-21)13-16-7-2-1-3-8-16/h1-3,7-8,14,17H,4-6,9-13,15H2,(H,24,26)(H,25,27)/t17-/m0/s1. The number of hydrogen-bond acceptors (Lipinski definition) is 3. The number of aromatic amines is 2. The molecule has 2 aromatic heterocycles. The third-order valence-corrected chi connectivity index (χ3v) is 6.36. The molecule has 150 valence electrons. The summed E-state index contributed by atoms with van der Waals surface area (Å²) in [5.41, 5.74) is 6.64. The van der Waals surface area contributed by atoms with Gasteiger partial charge >= 0.3 is 0 Å². The summed E-state index contributed by atoms with van der Waals surface area (Å²) in [5.74, 6) is 0.377. The Hall–Kier alpha value is -2.89. The zero-order valence-corrected chi connectivity index (χ0v) is 16.7. The van der Waals surface area contributed by atoms with Gasteiger partial charge in [0, 0.05) is 42.4 Å². The summed E-state index contributed by atoms with van der Waals surface area (Å²) in [6.07, 6.45) is 9.18. The topological polar surface area (TPSA) is 77.7 Å². The predicted molar refractivity (Wildman–Crippen MR) is 111 cm³/mol. The molecule has 0 bridgehead atoms. The predicted octanol–water partition coefficient (Wildman–Crippen LogP) is 3.62. The normalized spacial score (nSPS) is 19.2. The highest BCUT2D eigenvalue weighted by Crippen LogP contribution is 2.30. The quantitative estimate of drug-likeness (QED) is 0.715. The number of H-pyrrole nitrogens is 2. The van der Waals surface area contributed by atoms with Crippen molar-refractivity contribution in [3.05, 3.63) is 70.3 Å². The van der Waals surface area contributed by atoms with Gasteiger partial charge in [0.15, 0.2) is 5.69 Å². The van der Waals surface area contributed by atoms with Crippen LogP contribution in [-0.2, 0) is 19.3 Å². The molecule has 0 saturated carbocycles. The number of nitrogens with one attached hydrogen (secondary N) is 2. The van der Waals surface area contributed by atoms with Crippen LogP contribution in [0.2, 0.25) is 0 Å². The number of hydrogen-bond donors (Lipinski definition) is 2. The lowest BCUT2D eigenvalue weighted by Crippen LogP contribution is -2.40. The highest BCUT2D eigenvalue weighted by Gasteiger charge is 2.31. The Morgan fingerprint density at radius 1 is 1.10 bits per heavy atom. The first-order valence-corrected chi connectivity index (χ1v) is 10.7. The molecule has 0 spiro atoms. The van der Waals surface area contributed by atoms with Crippen molar-refractivity contribution in [1.29, 1.82) is 0 Å². The molecule has 6 heteroatoms. The van der Waals surface area contributed by atoms with Crippen molar-refractivity contribution < 1.29 is 4.79 Å². The lowest BCUT2D eigenvalue weighted by molar-refractivity contribution is 0.0698. The van der Waals surface area contributed by atoms with Crippen LogP contribution in [0.5, 0.6) is 0 Å². The molecule has 3 heterocycles. The summed E-state index contributed by atoms with van der Waals surface area (Å²) in [7, 11) is 0. The minimum Gasteiger partial charge on any atom is -0.337 e. The molecule has 1 amide bonds. The fourth-order valence-electron chi connectivity index (χ4n) is 4.84. The van der Waals surface area contributed by atoms with Crippen LogP contribution in [-0.4, -0.2) is 44.3 Å². The van der Waals surface area contributed by atoms with Crippen molar-refractivity contribution in [1.82, 2.24) is 25.3 Å². The number of benzene rings is 1. The highest BCUT2D eigenvalue weighted by molar-refractivity contribution is 5.94. The van der Waals surface area contributed by atoms with Crippen LogP contribution >= 0.6 is 0 Å². The van der Waals surface area contributed by atoms with E-state index in [1.54, 1.807) is 0 Å². The number of nitrogens with zero attached hydrogens (tertiary/aromatic N) is 3. The van der Waals surface area contributed by atoms with Gasteiger partial charge < -0.3 is 4.90 Å². The molecule has 2 aliphatic rings. The van der Waals surface area contributed by atoms with Crippen molar-refractivity contribution in [3.63, 3.8) is 0 Å². The lowest BCUT2D eigenvalue weighted by atomic mass is 9.90. The van der Waals surface area contributed by atoms with Gasteiger partial charge in [-0.3, -0.25) is 15.0 Å². The molecule has 1 aromatic carbocycles. The van der Waals surface area contributed by atoms with Crippen LogP contribution in [0.4, 0.5) is 0 Å². The van der Waals surface area contributed by atoms with Crippen LogP contribution in [0.25, 0.3) is 0 Å². The second-order valence-electron chi connectivity index (χ2n) is 8.30. The van der Waals surface area contributed by atoms with E-state index in [-0.39, 0.29) is 5.91 Å². The summed E-state index contributed by atoms with van der Waals surface area (Å²) < 4.78 is 0. The van der Waals surface area contributed by atoms with Gasteiger partial charge in [-0.1, -0.05) is 30.3 Å². The van der Waals surface area contributed by atoms with E-state index in [0.717, 1.165) is 62.9 Å². The van der Waals surface area contributed by atoms with E-state index in [1.807, 2.05) is 17.2 Å². The first-order valence-electron chi connectivity index (χ1n) is 10.7. The van der Waals surface area contributed by atoms with E-state index in [2.05, 4.69) is 44.7 Å². The Balaban J connectivity index is 1.33. The molecular formula is C23H27N5O. The Labute approximate surface area is 170 Å². The molecule has 1 fully saturated rings. The summed E-state index contributed by atoms with van der Waals surface area (Å²) >= 11 is 0. The van der Waals surface area contributed by atoms with E-state index in [4.69, 9.17) is 0 Å². The SMILES string of the molecule is O=C(c1n[nH]c2c1CCCC2)N1CCC[C@H](c2[nH]ncc2Cc2ccccc2)C1. The second-order valence-corrected chi connectivity index (χ2v) is 8.30. The highest BCUT2D eigenvalue weighted by atomic mass is 16.2. The monoisotopic (exact) mass is 389 g/mol. The molecule has 2 N–H and O–H groups in total. The van der Waals surface area contributed by atoms with E-state index in [9.17, 15) is 4.79 Å². The molecule has 3 aromatic rings. The van der Waals surface area contributed by atoms with Crippen molar-refractivity contribution in [2.75, 3.05) is 13.1 Å². The van der Waals surface area contributed by atoms with Gasteiger partial charge in [0.2, 0.25) is 0 Å². The third kappa shape index (κ3) is 3.59. The zero-order chi connectivity index (χ0) is 19.6. The van der Waals surface area contributed by atoms with E-state index >= 15 is 0 Å². The first kappa shape index (κ1) is 18.2. The number of fused-ring (bicyclic) bond motifs is 1. The van der Waals surface area contributed by atoms with Crippen LogP contribution in [0.15, 0.2) is 36.5 Å². The Bertz CT molecular complexity index is 990. The maximum Gasteiger partial charge on any atom is 0.274 e. The molecular weight excluding hydrogens is 362 g/mol. The average molecular weight is 390 g/mol. The smallest absolute Gasteiger partial charge is 0.274 e. The summed E-state index contributed by atoms with van der Waals surface area (Å²) in [6.45, 7) is 1.53. The Kier molecular flexibility index (Phi) is 4.92. The van der Waals surface area contributed by atoms with Gasteiger partial charge in [0.05, 0.1) is 6.20 Å². The molecule has 0 unspecified atom stereocenters. The zero-order valence-electron chi connectivity index (χ0n) is 16.7. The van der Waals surface area contributed by atoms with Crippen LogP contribution < -0.4 is 0 Å². The average Bonchev–Trinajstić information content (AvgIpc) is 3.41. The summed E-state index contributed by atoms with van der Waals surface area (Å²) in [6, 6.07) is 10.5. The van der Waals surface area contributed by atoms with Gasteiger partial charge in [0.25, 0.3) is 5.91 Å². The number of carbonyl (C=O) groups is 1. The van der Waals surface area contributed by atoms with Crippen molar-refractivity contribution in [2.45, 2.75) is 50.9 Å². The molecule has 1 atom stereocenters. The minimum atomic E-state index is 0.0817. The summed E-state index contributed by atoms with van der Waals surface area (Å²) in [4.78, 5) is 15.2. The number of aryl methyl sites for hydroxylation is 1. The van der Waals surface area contributed by atoms with Gasteiger partial charge in [-0.15, -0.1) is 0 Å². The lowest BCUT2D eigenvalue weighted by Gasteiger charge is -2.32. The Morgan fingerprint density at radius 3 is 2.86 bits per heavy atom. The van der Waals surface area contributed by atoms with Gasteiger partial charge in [0.1, 0.15) is 0 Å². The van der Waals surface area contributed by atoms with E-state index in [0.29, 0.717) is 11.6 Å². The molecule has 1 saturated heterocycles. The number of aromatic nitrogens is 4. The van der Waals surface area contributed by atoms with E-state index in [1.165, 1.54) is 23.2 Å². The molecule has 6 nitrogen and oxygen atoms in total. The summed E-state index contributed by atoms with van der Waals surface area (Å²) in [5, 5.41) is 15.1. The van der Waals surface area contributed by atoms with Crippen molar-refractivity contribution in [2.24, 2.45) is 0 Å². The minimum absolute atomic E-state index is 0.0817. The molecule has 0 radical (unpaired) electrons. The fraction of sp³-hybridized carbons (Fsp3) is 0.435. The van der Waals surface area contributed by atoms with Gasteiger partial charge in [-0.25, -0.2) is 0 Å². The maximum absolute atomic E-state index is 13.2. The Morgan fingerprint density at radius 2 is 1.97 bits per heavy atom. The second kappa shape index (κ2) is 7.85. The molecule has 1 aliphatic heterocycles.